The predicted octanol–water partition coefficient (Wildman–Crippen LogP) is 1.79. The van der Waals surface area contributed by atoms with E-state index in [1.165, 1.54) is 15.4 Å². The van der Waals surface area contributed by atoms with Gasteiger partial charge in [0.15, 0.2) is 12.0 Å². The maximum absolute atomic E-state index is 13.1. The second kappa shape index (κ2) is 12.8. The van der Waals surface area contributed by atoms with Gasteiger partial charge in [-0.15, -0.1) is 0 Å². The Bertz CT molecular complexity index is 1060. The number of hydrogen-bond acceptors (Lipinski definition) is 6. The molecule has 2 unspecified atom stereocenters. The summed E-state index contributed by atoms with van der Waals surface area (Å²) in [6.45, 7) is 2.38. The Balaban J connectivity index is 1.20. The van der Waals surface area contributed by atoms with Crippen molar-refractivity contribution in [3.63, 3.8) is 0 Å². The maximum atomic E-state index is 13.1. The van der Waals surface area contributed by atoms with Crippen molar-refractivity contribution in [3.8, 4) is 0 Å². The molecule has 12 nitrogen and oxygen atoms in total. The lowest BCUT2D eigenvalue weighted by atomic mass is 9.78. The number of hydrogen-bond donors (Lipinski definition) is 3. The van der Waals surface area contributed by atoms with E-state index in [2.05, 4.69) is 12.1 Å². The van der Waals surface area contributed by atoms with Crippen molar-refractivity contribution >= 4 is 30.0 Å². The second-order valence-corrected chi connectivity index (χ2v) is 10.5. The van der Waals surface area contributed by atoms with Gasteiger partial charge in [-0.1, -0.05) is 30.3 Å². The SMILES string of the molecule is N=C(N)N1CCCC(C[C@H]2C(=O)N(C(=O)N3CCN(C(=O)OCCCCc4ccccc4)CC3)C2C(=O)O)C1. The van der Waals surface area contributed by atoms with E-state index in [1.54, 1.807) is 4.90 Å². The van der Waals surface area contributed by atoms with E-state index in [0.29, 0.717) is 26.1 Å². The highest BCUT2D eigenvalue weighted by Gasteiger charge is 2.56. The van der Waals surface area contributed by atoms with Crippen molar-refractivity contribution in [3.05, 3.63) is 35.9 Å². The summed E-state index contributed by atoms with van der Waals surface area (Å²) >= 11 is 0. The van der Waals surface area contributed by atoms with E-state index >= 15 is 0 Å². The smallest absolute Gasteiger partial charge is 0.409 e. The van der Waals surface area contributed by atoms with Crippen molar-refractivity contribution < 1.29 is 29.0 Å². The molecule has 39 heavy (non-hydrogen) atoms. The topological polar surface area (TPSA) is 161 Å². The van der Waals surface area contributed by atoms with Crippen LogP contribution in [-0.2, 0) is 20.7 Å². The molecular weight excluding hydrogens is 504 g/mol. The number of nitrogens with one attached hydrogen (secondary N) is 1. The molecule has 0 radical (unpaired) electrons. The average Bonchev–Trinajstić information content (AvgIpc) is 2.94. The first kappa shape index (κ1) is 28.2. The lowest BCUT2D eigenvalue weighted by molar-refractivity contribution is -0.167. The molecule has 3 fully saturated rings. The standard InChI is InChI=1S/C27H38N6O6/c28-25(29)32-11-6-10-20(18-32)17-21-22(24(35)36)33(23(21)34)26(37)30-12-14-31(15-13-30)27(38)39-16-5-4-9-19-7-2-1-3-8-19/h1-3,7-8,20-22H,4-6,9-18H2,(H3,28,29)(H,35,36)/t20?,21-,22?/m1/s1. The fourth-order valence-electron chi connectivity index (χ4n) is 5.67. The molecule has 3 aliphatic rings. The molecule has 4 amide bonds. The fourth-order valence-corrected chi connectivity index (χ4v) is 5.67. The molecule has 0 aromatic heterocycles. The number of urea groups is 1. The third-order valence-corrected chi connectivity index (χ3v) is 7.86. The molecule has 3 heterocycles. The number of aliphatic carboxylic acids is 1. The normalized spacial score (nSPS) is 23.3. The van der Waals surface area contributed by atoms with Crippen LogP contribution >= 0.6 is 0 Å². The average molecular weight is 543 g/mol. The van der Waals surface area contributed by atoms with Crippen LogP contribution in [0.25, 0.3) is 0 Å². The van der Waals surface area contributed by atoms with Gasteiger partial charge in [-0.3, -0.25) is 10.2 Å². The van der Waals surface area contributed by atoms with Gasteiger partial charge in [0.1, 0.15) is 0 Å². The number of piperidine rings is 1. The van der Waals surface area contributed by atoms with Crippen molar-refractivity contribution in [1.82, 2.24) is 19.6 Å². The first-order valence-electron chi connectivity index (χ1n) is 13.7. The van der Waals surface area contributed by atoms with Crippen LogP contribution in [-0.4, -0.2) is 107 Å². The van der Waals surface area contributed by atoms with Gasteiger partial charge in [0, 0.05) is 39.3 Å². The van der Waals surface area contributed by atoms with Crippen LogP contribution in [0.3, 0.4) is 0 Å². The van der Waals surface area contributed by atoms with Crippen molar-refractivity contribution in [2.24, 2.45) is 17.6 Å². The molecular formula is C27H38N6O6. The van der Waals surface area contributed by atoms with Crippen LogP contribution < -0.4 is 5.73 Å². The Morgan fingerprint density at radius 1 is 1.00 bits per heavy atom. The zero-order valence-electron chi connectivity index (χ0n) is 22.2. The molecule has 1 aromatic rings. The Labute approximate surface area is 228 Å². The van der Waals surface area contributed by atoms with Gasteiger partial charge in [-0.25, -0.2) is 19.3 Å². The number of unbranched alkanes of at least 4 members (excludes halogenated alkanes) is 1. The largest absolute Gasteiger partial charge is 0.480 e. The zero-order chi connectivity index (χ0) is 27.9. The molecule has 12 heteroatoms. The second-order valence-electron chi connectivity index (χ2n) is 10.5. The van der Waals surface area contributed by atoms with Gasteiger partial charge in [0.25, 0.3) is 0 Å². The number of piperazine rings is 1. The van der Waals surface area contributed by atoms with Gasteiger partial charge in [-0.05, 0) is 50.0 Å². The molecule has 3 atom stereocenters. The predicted molar refractivity (Wildman–Crippen MR) is 142 cm³/mol. The number of nitrogens with two attached hydrogens (primary N) is 1. The van der Waals surface area contributed by atoms with E-state index in [4.69, 9.17) is 15.9 Å². The number of carboxylic acid groups (broad SMARTS) is 1. The van der Waals surface area contributed by atoms with Gasteiger partial charge in [0.2, 0.25) is 5.91 Å². The quantitative estimate of drug-likeness (QED) is 0.194. The minimum Gasteiger partial charge on any atom is -0.480 e. The molecule has 3 saturated heterocycles. The number of β-lactam (4-membered cyclic amide) rings is 1. The number of likely N-dealkylation sites (tertiary alicyclic amines) is 2. The summed E-state index contributed by atoms with van der Waals surface area (Å²) in [6.07, 6.45) is 4.12. The van der Waals surface area contributed by atoms with Crippen molar-refractivity contribution in [2.45, 2.75) is 44.6 Å². The minimum atomic E-state index is -1.21. The van der Waals surface area contributed by atoms with E-state index in [1.807, 2.05) is 18.2 Å². The fraction of sp³-hybridized carbons (Fsp3) is 0.593. The van der Waals surface area contributed by atoms with Crippen LogP contribution in [0.15, 0.2) is 30.3 Å². The Kier molecular flexibility index (Phi) is 9.26. The summed E-state index contributed by atoms with van der Waals surface area (Å²) in [4.78, 5) is 56.0. The molecule has 3 aliphatic heterocycles. The molecule has 0 saturated carbocycles. The molecule has 212 valence electrons. The van der Waals surface area contributed by atoms with Crippen LogP contribution in [0.4, 0.5) is 9.59 Å². The Morgan fingerprint density at radius 3 is 2.36 bits per heavy atom. The number of carbonyl (C=O) groups is 4. The number of amides is 4. The highest BCUT2D eigenvalue weighted by atomic mass is 16.6. The summed E-state index contributed by atoms with van der Waals surface area (Å²) in [5, 5.41) is 17.5. The number of carbonyl (C=O) groups excluding carboxylic acids is 3. The molecule has 1 aromatic carbocycles. The number of imide groups is 1. The highest BCUT2D eigenvalue weighted by molar-refractivity contribution is 6.07. The summed E-state index contributed by atoms with van der Waals surface area (Å²) < 4.78 is 5.39. The molecule has 4 rings (SSSR count). The van der Waals surface area contributed by atoms with E-state index in [-0.39, 0.29) is 38.1 Å². The van der Waals surface area contributed by atoms with Crippen LogP contribution in [0.2, 0.25) is 0 Å². The Morgan fingerprint density at radius 2 is 1.69 bits per heavy atom. The third kappa shape index (κ3) is 6.79. The highest BCUT2D eigenvalue weighted by Crippen LogP contribution is 2.36. The molecule has 0 aliphatic carbocycles. The lowest BCUT2D eigenvalue weighted by Gasteiger charge is -2.47. The van der Waals surface area contributed by atoms with Crippen LogP contribution in [0, 0.1) is 17.2 Å². The number of ether oxygens (including phenoxy) is 1. The van der Waals surface area contributed by atoms with Crippen molar-refractivity contribution in [1.29, 1.82) is 5.41 Å². The summed E-state index contributed by atoms with van der Waals surface area (Å²) in [6, 6.07) is 8.27. The van der Waals surface area contributed by atoms with Crippen LogP contribution in [0.5, 0.6) is 0 Å². The first-order valence-corrected chi connectivity index (χ1v) is 13.7. The molecule has 0 spiro atoms. The Hall–Kier alpha value is -3.83. The van der Waals surface area contributed by atoms with Gasteiger partial charge < -0.3 is 30.3 Å². The monoisotopic (exact) mass is 542 g/mol. The summed E-state index contributed by atoms with van der Waals surface area (Å²) in [5.74, 6) is -2.46. The van der Waals surface area contributed by atoms with Gasteiger partial charge in [0.05, 0.1) is 12.5 Å². The van der Waals surface area contributed by atoms with Gasteiger partial charge >= 0.3 is 18.1 Å². The molecule has 4 N–H and O–H groups in total. The molecule has 0 bridgehead atoms. The minimum absolute atomic E-state index is 0.0303. The first-order chi connectivity index (χ1) is 18.8. The van der Waals surface area contributed by atoms with E-state index < -0.39 is 36.0 Å². The van der Waals surface area contributed by atoms with E-state index in [0.717, 1.165) is 37.0 Å². The van der Waals surface area contributed by atoms with Gasteiger partial charge in [-0.2, -0.15) is 0 Å². The zero-order valence-corrected chi connectivity index (χ0v) is 22.2. The summed E-state index contributed by atoms with van der Waals surface area (Å²) in [7, 11) is 0. The number of benzene rings is 1. The summed E-state index contributed by atoms with van der Waals surface area (Å²) in [5.41, 5.74) is 6.84. The lowest BCUT2D eigenvalue weighted by Crippen LogP contribution is -2.70. The number of aryl methyl sites for hydroxylation is 1. The maximum Gasteiger partial charge on any atom is 0.409 e. The van der Waals surface area contributed by atoms with E-state index in [9.17, 15) is 24.3 Å². The van der Waals surface area contributed by atoms with Crippen LogP contribution in [0.1, 0.15) is 37.7 Å². The number of guanidine groups is 1. The number of carboxylic acids is 1. The number of rotatable bonds is 8. The third-order valence-electron chi connectivity index (χ3n) is 7.86. The number of nitrogens with zero attached hydrogens (tertiary/aromatic N) is 4. The van der Waals surface area contributed by atoms with Crippen molar-refractivity contribution in [2.75, 3.05) is 45.9 Å².